The SMILES string of the molecule is CC(C)CCOc1ccc(C(=O)NC(=S)Nc2ccc(C(=O)NC(C)(C)C)cc2)cc1Br. The Labute approximate surface area is 203 Å². The second-order valence-corrected chi connectivity index (χ2v) is 10.1. The van der Waals surface area contributed by atoms with Gasteiger partial charge in [-0.15, -0.1) is 0 Å². The number of carbonyl (C=O) groups excluding carboxylic acids is 2. The van der Waals surface area contributed by atoms with E-state index in [1.807, 2.05) is 20.8 Å². The van der Waals surface area contributed by atoms with Gasteiger partial charge in [-0.1, -0.05) is 13.8 Å². The minimum Gasteiger partial charge on any atom is -0.492 e. The number of anilines is 1. The Morgan fingerprint density at radius 3 is 2.22 bits per heavy atom. The quantitative estimate of drug-likeness (QED) is 0.419. The van der Waals surface area contributed by atoms with Crippen LogP contribution in [0.1, 0.15) is 61.8 Å². The van der Waals surface area contributed by atoms with Crippen LogP contribution in [-0.2, 0) is 0 Å². The zero-order valence-electron chi connectivity index (χ0n) is 19.0. The van der Waals surface area contributed by atoms with Crippen molar-refractivity contribution in [1.29, 1.82) is 0 Å². The van der Waals surface area contributed by atoms with E-state index in [1.165, 1.54) is 0 Å². The van der Waals surface area contributed by atoms with Gasteiger partial charge < -0.3 is 15.4 Å². The van der Waals surface area contributed by atoms with Crippen molar-refractivity contribution < 1.29 is 14.3 Å². The number of hydrogen-bond donors (Lipinski definition) is 3. The van der Waals surface area contributed by atoms with Gasteiger partial charge >= 0.3 is 0 Å². The van der Waals surface area contributed by atoms with Crippen molar-refractivity contribution in [3.8, 4) is 5.75 Å². The second-order valence-electron chi connectivity index (χ2n) is 8.87. The molecule has 0 aromatic heterocycles. The molecule has 0 bridgehead atoms. The van der Waals surface area contributed by atoms with Gasteiger partial charge in [0.15, 0.2) is 5.11 Å². The molecule has 6 nitrogen and oxygen atoms in total. The molecule has 0 saturated heterocycles. The Morgan fingerprint density at radius 2 is 1.66 bits per heavy atom. The van der Waals surface area contributed by atoms with E-state index in [1.54, 1.807) is 42.5 Å². The predicted octanol–water partition coefficient (Wildman–Crippen LogP) is 5.53. The van der Waals surface area contributed by atoms with Crippen LogP contribution in [0.25, 0.3) is 0 Å². The summed E-state index contributed by atoms with van der Waals surface area (Å²) < 4.78 is 6.46. The Kier molecular flexibility index (Phi) is 9.21. The zero-order chi connectivity index (χ0) is 23.9. The van der Waals surface area contributed by atoms with Crippen LogP contribution >= 0.6 is 28.1 Å². The van der Waals surface area contributed by atoms with E-state index in [0.717, 1.165) is 6.42 Å². The number of benzene rings is 2. The molecule has 32 heavy (non-hydrogen) atoms. The molecule has 2 rings (SSSR count). The molecule has 172 valence electrons. The smallest absolute Gasteiger partial charge is 0.257 e. The van der Waals surface area contributed by atoms with Gasteiger partial charge in [-0.25, -0.2) is 0 Å². The summed E-state index contributed by atoms with van der Waals surface area (Å²) >= 11 is 8.70. The second kappa shape index (κ2) is 11.4. The van der Waals surface area contributed by atoms with E-state index in [2.05, 4.69) is 45.7 Å². The number of thiocarbonyl (C=S) groups is 1. The van der Waals surface area contributed by atoms with Crippen molar-refractivity contribution in [2.24, 2.45) is 5.92 Å². The van der Waals surface area contributed by atoms with E-state index in [9.17, 15) is 9.59 Å². The van der Waals surface area contributed by atoms with Crippen molar-refractivity contribution in [3.05, 3.63) is 58.1 Å². The molecule has 0 radical (unpaired) electrons. The van der Waals surface area contributed by atoms with E-state index in [0.29, 0.717) is 39.6 Å². The first-order valence-electron chi connectivity index (χ1n) is 10.4. The first-order valence-corrected chi connectivity index (χ1v) is 11.6. The first kappa shape index (κ1) is 25.8. The lowest BCUT2D eigenvalue weighted by Gasteiger charge is -2.20. The van der Waals surface area contributed by atoms with Crippen LogP contribution in [0, 0.1) is 5.92 Å². The molecule has 0 fully saturated rings. The summed E-state index contributed by atoms with van der Waals surface area (Å²) in [4.78, 5) is 24.7. The number of nitrogens with one attached hydrogen (secondary N) is 3. The molecule has 0 saturated carbocycles. The maximum absolute atomic E-state index is 12.5. The van der Waals surface area contributed by atoms with Gasteiger partial charge in [-0.05, 0) is 104 Å². The molecule has 0 atom stereocenters. The van der Waals surface area contributed by atoms with Crippen LogP contribution in [0.4, 0.5) is 5.69 Å². The Balaban J connectivity index is 1.92. The number of rotatable bonds is 7. The lowest BCUT2D eigenvalue weighted by Crippen LogP contribution is -2.40. The van der Waals surface area contributed by atoms with Crippen molar-refractivity contribution in [2.45, 2.75) is 46.6 Å². The number of ether oxygens (including phenoxy) is 1. The molecule has 2 amide bonds. The molecule has 0 heterocycles. The van der Waals surface area contributed by atoms with Gasteiger partial charge in [0.2, 0.25) is 0 Å². The van der Waals surface area contributed by atoms with Crippen LogP contribution in [0.3, 0.4) is 0 Å². The normalized spacial score (nSPS) is 11.1. The molecule has 0 aliphatic heterocycles. The summed E-state index contributed by atoms with van der Waals surface area (Å²) in [5, 5.41) is 8.68. The maximum Gasteiger partial charge on any atom is 0.257 e. The minimum atomic E-state index is -0.335. The topological polar surface area (TPSA) is 79.5 Å². The average molecular weight is 520 g/mol. The van der Waals surface area contributed by atoms with E-state index in [4.69, 9.17) is 17.0 Å². The lowest BCUT2D eigenvalue weighted by molar-refractivity contribution is 0.0918. The van der Waals surface area contributed by atoms with Crippen LogP contribution < -0.4 is 20.7 Å². The summed E-state index contributed by atoms with van der Waals surface area (Å²) in [6.07, 6.45) is 0.955. The molecule has 0 aliphatic rings. The Bertz CT molecular complexity index is 969. The van der Waals surface area contributed by atoms with E-state index >= 15 is 0 Å². The minimum absolute atomic E-state index is 0.151. The third kappa shape index (κ3) is 8.59. The van der Waals surface area contributed by atoms with Crippen LogP contribution in [0.2, 0.25) is 0 Å². The Hall–Kier alpha value is -2.45. The maximum atomic E-state index is 12.5. The van der Waals surface area contributed by atoms with Gasteiger partial charge in [-0.3, -0.25) is 14.9 Å². The fourth-order valence-corrected chi connectivity index (χ4v) is 3.32. The molecule has 3 N–H and O–H groups in total. The fourth-order valence-electron chi connectivity index (χ4n) is 2.62. The molecule has 0 aliphatic carbocycles. The van der Waals surface area contributed by atoms with Crippen molar-refractivity contribution in [3.63, 3.8) is 0 Å². The van der Waals surface area contributed by atoms with Crippen LogP contribution in [-0.4, -0.2) is 29.1 Å². The number of carbonyl (C=O) groups is 2. The van der Waals surface area contributed by atoms with Crippen LogP contribution in [0.5, 0.6) is 5.75 Å². The molecule has 2 aromatic carbocycles. The van der Waals surface area contributed by atoms with Crippen molar-refractivity contribution >= 4 is 50.8 Å². The summed E-state index contributed by atoms with van der Waals surface area (Å²) in [6.45, 7) is 10.7. The van der Waals surface area contributed by atoms with Crippen molar-refractivity contribution in [2.75, 3.05) is 11.9 Å². The number of halogens is 1. The highest BCUT2D eigenvalue weighted by atomic mass is 79.9. The van der Waals surface area contributed by atoms with Crippen molar-refractivity contribution in [1.82, 2.24) is 10.6 Å². The monoisotopic (exact) mass is 519 g/mol. The first-order chi connectivity index (χ1) is 14.9. The largest absolute Gasteiger partial charge is 0.492 e. The summed E-state index contributed by atoms with van der Waals surface area (Å²) in [5.41, 5.74) is 1.35. The molecular weight excluding hydrogens is 490 g/mol. The summed E-state index contributed by atoms with van der Waals surface area (Å²) in [6, 6.07) is 12.0. The van der Waals surface area contributed by atoms with Gasteiger partial charge in [0.05, 0.1) is 11.1 Å². The summed E-state index contributed by atoms with van der Waals surface area (Å²) in [5.74, 6) is 0.767. The highest BCUT2D eigenvalue weighted by Gasteiger charge is 2.15. The number of amides is 2. The molecular formula is C24H30BrN3O3S. The standard InChI is InChI=1S/C24H30BrN3O3S/c1-15(2)12-13-31-20-11-8-17(14-19(20)25)21(29)27-23(32)26-18-9-6-16(7-10-18)22(30)28-24(3,4)5/h6-11,14-15H,12-13H2,1-5H3,(H,28,30)(H2,26,27,29,32). The lowest BCUT2D eigenvalue weighted by atomic mass is 10.1. The van der Waals surface area contributed by atoms with Crippen LogP contribution in [0.15, 0.2) is 46.9 Å². The fraction of sp³-hybridized carbons (Fsp3) is 0.375. The highest BCUT2D eigenvalue weighted by Crippen LogP contribution is 2.26. The predicted molar refractivity (Wildman–Crippen MR) is 136 cm³/mol. The van der Waals surface area contributed by atoms with E-state index in [-0.39, 0.29) is 22.5 Å². The molecule has 8 heteroatoms. The average Bonchev–Trinajstić information content (AvgIpc) is 2.68. The van der Waals surface area contributed by atoms with Gasteiger partial charge in [0, 0.05) is 22.4 Å². The number of hydrogen-bond acceptors (Lipinski definition) is 4. The van der Waals surface area contributed by atoms with Gasteiger partial charge in [-0.2, -0.15) is 0 Å². The third-order valence-corrected chi connectivity index (χ3v) is 5.09. The summed E-state index contributed by atoms with van der Waals surface area (Å²) in [7, 11) is 0. The van der Waals surface area contributed by atoms with Gasteiger partial charge in [0.25, 0.3) is 11.8 Å². The zero-order valence-corrected chi connectivity index (χ0v) is 21.4. The third-order valence-electron chi connectivity index (χ3n) is 4.27. The Morgan fingerprint density at radius 1 is 1.03 bits per heavy atom. The highest BCUT2D eigenvalue weighted by molar-refractivity contribution is 9.10. The molecule has 0 spiro atoms. The van der Waals surface area contributed by atoms with E-state index < -0.39 is 0 Å². The van der Waals surface area contributed by atoms with Gasteiger partial charge in [0.1, 0.15) is 5.75 Å². The molecule has 2 aromatic rings. The molecule has 0 unspecified atom stereocenters.